The number of nitrogens with zero attached hydrogens (tertiary/aromatic N) is 2. The van der Waals surface area contributed by atoms with Gasteiger partial charge in [-0.05, 0) is 12.0 Å². The highest BCUT2D eigenvalue weighted by Crippen LogP contribution is 2.45. The van der Waals surface area contributed by atoms with E-state index in [1.807, 2.05) is 30.3 Å². The molecule has 2 heterocycles. The van der Waals surface area contributed by atoms with Crippen molar-refractivity contribution in [3.8, 4) is 0 Å². The Morgan fingerprint density at radius 2 is 1.66 bits per heavy atom. The van der Waals surface area contributed by atoms with E-state index >= 15 is 0 Å². The van der Waals surface area contributed by atoms with Gasteiger partial charge < -0.3 is 9.64 Å². The molecular formula is C22H36N2O3Si2. The third-order valence-corrected chi connectivity index (χ3v) is 15.3. The second-order valence-electron chi connectivity index (χ2n) is 10.7. The first-order valence-corrected chi connectivity index (χ1v) is 17.9. The fourth-order valence-corrected chi connectivity index (χ4v) is 18.4. The molecule has 2 fully saturated rings. The van der Waals surface area contributed by atoms with Crippen LogP contribution >= 0.6 is 0 Å². The van der Waals surface area contributed by atoms with Crippen LogP contribution in [-0.4, -0.2) is 61.9 Å². The van der Waals surface area contributed by atoms with Gasteiger partial charge in [-0.25, -0.2) is 4.79 Å². The lowest BCUT2D eigenvalue weighted by Crippen LogP contribution is -2.81. The zero-order valence-corrected chi connectivity index (χ0v) is 21.0. The highest BCUT2D eigenvalue weighted by molar-refractivity contribution is 6.96. The Bertz CT molecular complexity index is 759. The van der Waals surface area contributed by atoms with Gasteiger partial charge in [0.1, 0.15) is 12.1 Å². The van der Waals surface area contributed by atoms with Gasteiger partial charge in [-0.3, -0.25) is 9.69 Å². The van der Waals surface area contributed by atoms with Crippen LogP contribution in [0.2, 0.25) is 39.3 Å². The maximum absolute atomic E-state index is 13.8. The van der Waals surface area contributed by atoms with Gasteiger partial charge in [0.25, 0.3) is 0 Å². The minimum absolute atomic E-state index is 0.133. The number of hydrogen-bond donors (Lipinski definition) is 0. The fraction of sp³-hybridized carbons (Fsp3) is 0.636. The first-order chi connectivity index (χ1) is 13.4. The normalized spacial score (nSPS) is 25.4. The van der Waals surface area contributed by atoms with Crippen molar-refractivity contribution >= 4 is 28.1 Å². The summed E-state index contributed by atoms with van der Waals surface area (Å²) in [6.07, 6.45) is 1.19. The molecule has 2 saturated heterocycles. The molecule has 29 heavy (non-hydrogen) atoms. The van der Waals surface area contributed by atoms with Crippen LogP contribution in [0.15, 0.2) is 30.3 Å². The van der Waals surface area contributed by atoms with Gasteiger partial charge in [0.2, 0.25) is 5.91 Å². The third-order valence-electron chi connectivity index (χ3n) is 6.23. The topological polar surface area (TPSA) is 49.9 Å². The van der Waals surface area contributed by atoms with Crippen LogP contribution in [0.4, 0.5) is 4.79 Å². The SMILES string of the molecule is CCC[C@]1(N2C(=O)OC[C@@H]2c2ccccc2)CN(C([Si](C)(C)C)[Si](C)(C)C)C1=O. The monoisotopic (exact) mass is 432 g/mol. The lowest BCUT2D eigenvalue weighted by Gasteiger charge is -2.60. The quantitative estimate of drug-likeness (QED) is 0.464. The van der Waals surface area contributed by atoms with E-state index in [0.717, 1.165) is 12.0 Å². The maximum atomic E-state index is 13.8. The van der Waals surface area contributed by atoms with Crippen LogP contribution < -0.4 is 0 Å². The molecule has 5 nitrogen and oxygen atoms in total. The number of hydrogen-bond acceptors (Lipinski definition) is 3. The second kappa shape index (κ2) is 7.58. The van der Waals surface area contributed by atoms with E-state index in [1.165, 1.54) is 0 Å². The molecule has 7 heteroatoms. The lowest BCUT2D eigenvalue weighted by molar-refractivity contribution is -0.163. The van der Waals surface area contributed by atoms with Gasteiger partial charge >= 0.3 is 6.09 Å². The number of rotatable bonds is 7. The number of β-lactam (4-membered cyclic amide) rings is 1. The summed E-state index contributed by atoms with van der Waals surface area (Å²) in [6.45, 7) is 17.2. The summed E-state index contributed by atoms with van der Waals surface area (Å²) in [5.41, 5.74) is 0.271. The van der Waals surface area contributed by atoms with Gasteiger partial charge in [-0.1, -0.05) is 83.0 Å². The van der Waals surface area contributed by atoms with Gasteiger partial charge in [-0.15, -0.1) is 0 Å². The molecule has 0 aromatic heterocycles. The van der Waals surface area contributed by atoms with Gasteiger partial charge in [-0.2, -0.15) is 0 Å². The van der Waals surface area contributed by atoms with Crippen molar-refractivity contribution in [2.24, 2.45) is 0 Å². The Morgan fingerprint density at radius 1 is 1.07 bits per heavy atom. The molecule has 0 unspecified atom stereocenters. The number of benzene rings is 1. The summed E-state index contributed by atoms with van der Waals surface area (Å²) in [5, 5.41) is 0.362. The molecule has 0 saturated carbocycles. The molecule has 0 bridgehead atoms. The van der Waals surface area contributed by atoms with Gasteiger partial charge in [0, 0.05) is 5.29 Å². The van der Waals surface area contributed by atoms with Crippen LogP contribution in [0.3, 0.4) is 0 Å². The Balaban J connectivity index is 1.97. The van der Waals surface area contributed by atoms with E-state index in [4.69, 9.17) is 4.74 Å². The second-order valence-corrected chi connectivity index (χ2v) is 21.9. The van der Waals surface area contributed by atoms with E-state index in [0.29, 0.717) is 24.9 Å². The Labute approximate surface area is 177 Å². The molecule has 0 spiro atoms. The van der Waals surface area contributed by atoms with E-state index in [-0.39, 0.29) is 18.0 Å². The summed E-state index contributed by atoms with van der Waals surface area (Å²) in [5.74, 6) is 0.133. The molecular weight excluding hydrogens is 396 g/mol. The summed E-state index contributed by atoms with van der Waals surface area (Å²) < 4.78 is 5.47. The largest absolute Gasteiger partial charge is 0.447 e. The average Bonchev–Trinajstić information content (AvgIpc) is 3.00. The molecule has 0 N–H and O–H groups in total. The number of cyclic esters (lactones) is 1. The van der Waals surface area contributed by atoms with Crippen LogP contribution in [-0.2, 0) is 9.53 Å². The standard InChI is InChI=1S/C22H36N2O3Si2/c1-8-14-22(16-23(19(22)25)21(28(2,3)4)29(5,6)7)24-18(15-27-20(24)26)17-12-10-9-11-13-17/h9-13,18,21H,8,14-16H2,1-7H3/t18-,22+/m1/s1. The molecule has 0 aliphatic carbocycles. The first-order valence-electron chi connectivity index (χ1n) is 10.8. The minimum Gasteiger partial charge on any atom is -0.447 e. The molecule has 1 aromatic rings. The minimum atomic E-state index is -1.59. The van der Waals surface area contributed by atoms with Crippen LogP contribution in [0, 0.1) is 0 Å². The number of likely N-dealkylation sites (tertiary alicyclic amines) is 1. The lowest BCUT2D eigenvalue weighted by atomic mass is 9.81. The van der Waals surface area contributed by atoms with Crippen molar-refractivity contribution in [1.29, 1.82) is 0 Å². The van der Waals surface area contributed by atoms with E-state index < -0.39 is 21.7 Å². The molecule has 2 amide bonds. The van der Waals surface area contributed by atoms with E-state index in [2.05, 4.69) is 51.1 Å². The first kappa shape index (κ1) is 22.1. The average molecular weight is 433 g/mol. The Kier molecular flexibility index (Phi) is 5.77. The number of amides is 2. The number of carbonyl (C=O) groups is 2. The van der Waals surface area contributed by atoms with Crippen molar-refractivity contribution in [2.45, 2.75) is 75.9 Å². The summed E-state index contributed by atoms with van der Waals surface area (Å²) in [4.78, 5) is 30.6. The molecule has 2 aliphatic heterocycles. The van der Waals surface area contributed by atoms with Gasteiger partial charge in [0.05, 0.1) is 28.7 Å². The molecule has 2 atom stereocenters. The highest BCUT2D eigenvalue weighted by Gasteiger charge is 2.64. The maximum Gasteiger partial charge on any atom is 0.411 e. The Morgan fingerprint density at radius 3 is 2.14 bits per heavy atom. The smallest absolute Gasteiger partial charge is 0.411 e. The van der Waals surface area contributed by atoms with Crippen molar-refractivity contribution in [1.82, 2.24) is 9.80 Å². The van der Waals surface area contributed by atoms with Crippen molar-refractivity contribution < 1.29 is 14.3 Å². The highest BCUT2D eigenvalue weighted by atomic mass is 28.4. The third kappa shape index (κ3) is 3.79. The van der Waals surface area contributed by atoms with Crippen molar-refractivity contribution in [2.75, 3.05) is 13.2 Å². The van der Waals surface area contributed by atoms with E-state index in [9.17, 15) is 9.59 Å². The number of ether oxygens (including phenoxy) is 1. The Hall–Kier alpha value is -1.61. The van der Waals surface area contributed by atoms with Crippen molar-refractivity contribution in [3.63, 3.8) is 0 Å². The van der Waals surface area contributed by atoms with Crippen LogP contribution in [0.5, 0.6) is 0 Å². The van der Waals surface area contributed by atoms with Crippen LogP contribution in [0.1, 0.15) is 31.4 Å². The molecule has 160 valence electrons. The predicted octanol–water partition coefficient (Wildman–Crippen LogP) is 4.68. The van der Waals surface area contributed by atoms with Gasteiger partial charge in [0.15, 0.2) is 0 Å². The molecule has 0 radical (unpaired) electrons. The zero-order chi connectivity index (χ0) is 21.6. The van der Waals surface area contributed by atoms with E-state index in [1.54, 1.807) is 4.90 Å². The van der Waals surface area contributed by atoms with Crippen LogP contribution in [0.25, 0.3) is 0 Å². The summed E-state index contributed by atoms with van der Waals surface area (Å²) >= 11 is 0. The predicted molar refractivity (Wildman–Crippen MR) is 122 cm³/mol. The number of carbonyl (C=O) groups excluding carboxylic acids is 2. The van der Waals surface area contributed by atoms with Crippen molar-refractivity contribution in [3.05, 3.63) is 35.9 Å². The molecule has 1 aromatic carbocycles. The summed E-state index contributed by atoms with van der Waals surface area (Å²) in [6, 6.07) is 9.77. The summed E-state index contributed by atoms with van der Waals surface area (Å²) in [7, 11) is -3.17. The molecule has 2 aliphatic rings. The fourth-order valence-electron chi connectivity index (χ4n) is 5.75. The zero-order valence-electron chi connectivity index (χ0n) is 19.0. The molecule has 3 rings (SSSR count).